The summed E-state index contributed by atoms with van der Waals surface area (Å²) in [4.78, 5) is 6.91. The minimum atomic E-state index is 0.134. The van der Waals surface area contributed by atoms with E-state index < -0.39 is 0 Å². The van der Waals surface area contributed by atoms with Crippen LogP contribution in [0.2, 0.25) is 0 Å². The number of nitrogens with zero attached hydrogens (tertiary/aromatic N) is 2. The van der Waals surface area contributed by atoms with Gasteiger partial charge in [-0.1, -0.05) is 13.8 Å². The maximum atomic E-state index is 4.32. The van der Waals surface area contributed by atoms with Crippen molar-refractivity contribution in [2.75, 3.05) is 11.4 Å². The van der Waals surface area contributed by atoms with E-state index in [-0.39, 0.29) is 5.54 Å². The summed E-state index contributed by atoms with van der Waals surface area (Å²) in [5, 5.41) is 3.58. The van der Waals surface area contributed by atoms with Gasteiger partial charge in [-0.3, -0.25) is 4.98 Å². The van der Waals surface area contributed by atoms with Crippen LogP contribution in [0.25, 0.3) is 0 Å². The lowest BCUT2D eigenvalue weighted by molar-refractivity contribution is 0.423. The molecule has 0 aromatic carbocycles. The summed E-state index contributed by atoms with van der Waals surface area (Å²) >= 11 is 0. The maximum Gasteiger partial charge on any atom is 0.0445 e. The van der Waals surface area contributed by atoms with Crippen molar-refractivity contribution in [1.82, 2.24) is 10.3 Å². The molecule has 1 aliphatic rings. The Morgan fingerprint density at radius 1 is 1.35 bits per heavy atom. The molecule has 112 valence electrons. The average molecular weight is 275 g/mol. The molecule has 0 aliphatic heterocycles. The molecule has 3 nitrogen and oxygen atoms in total. The fraction of sp³-hybridized carbons (Fsp3) is 0.706. The van der Waals surface area contributed by atoms with Crippen LogP contribution in [0.5, 0.6) is 0 Å². The van der Waals surface area contributed by atoms with Gasteiger partial charge in [0.25, 0.3) is 0 Å². The van der Waals surface area contributed by atoms with Crippen molar-refractivity contribution in [3.05, 3.63) is 24.0 Å². The molecule has 2 rings (SSSR count). The van der Waals surface area contributed by atoms with Gasteiger partial charge in [-0.2, -0.15) is 0 Å². The Morgan fingerprint density at radius 2 is 2.05 bits per heavy atom. The largest absolute Gasteiger partial charge is 0.368 e. The number of rotatable bonds is 6. The number of nitrogens with one attached hydrogen (secondary N) is 1. The van der Waals surface area contributed by atoms with E-state index in [1.54, 1.807) is 0 Å². The van der Waals surface area contributed by atoms with E-state index in [2.05, 4.69) is 55.9 Å². The van der Waals surface area contributed by atoms with Crippen LogP contribution in [0.3, 0.4) is 0 Å². The molecule has 1 aromatic heterocycles. The van der Waals surface area contributed by atoms with Gasteiger partial charge in [0, 0.05) is 48.3 Å². The summed E-state index contributed by atoms with van der Waals surface area (Å²) < 4.78 is 0. The maximum absolute atomic E-state index is 4.32. The van der Waals surface area contributed by atoms with Crippen molar-refractivity contribution in [2.45, 2.75) is 65.6 Å². The molecule has 1 fully saturated rings. The van der Waals surface area contributed by atoms with Gasteiger partial charge in [0.2, 0.25) is 0 Å². The average Bonchev–Trinajstić information content (AvgIpc) is 3.17. The van der Waals surface area contributed by atoms with E-state index in [1.165, 1.54) is 24.1 Å². The van der Waals surface area contributed by atoms with E-state index in [4.69, 9.17) is 0 Å². The molecule has 0 amide bonds. The first-order valence-electron chi connectivity index (χ1n) is 7.81. The number of anilines is 1. The second kappa shape index (κ2) is 6.13. The number of hydrogen-bond acceptors (Lipinski definition) is 3. The minimum Gasteiger partial charge on any atom is -0.368 e. The van der Waals surface area contributed by atoms with Gasteiger partial charge in [0.05, 0.1) is 0 Å². The molecular weight excluding hydrogens is 246 g/mol. The second-order valence-corrected chi connectivity index (χ2v) is 7.39. The van der Waals surface area contributed by atoms with Crippen molar-refractivity contribution in [3.8, 4) is 0 Å². The van der Waals surface area contributed by atoms with Gasteiger partial charge in [0.1, 0.15) is 0 Å². The molecule has 1 heterocycles. The molecule has 0 unspecified atom stereocenters. The van der Waals surface area contributed by atoms with Crippen LogP contribution >= 0.6 is 0 Å². The topological polar surface area (TPSA) is 28.2 Å². The molecule has 0 radical (unpaired) electrons. The van der Waals surface area contributed by atoms with E-state index in [0.29, 0.717) is 5.92 Å². The highest BCUT2D eigenvalue weighted by Gasteiger charge is 2.30. The highest BCUT2D eigenvalue weighted by Crippen LogP contribution is 2.34. The zero-order valence-electron chi connectivity index (χ0n) is 13.6. The first-order chi connectivity index (χ1) is 9.37. The molecular formula is C17H29N3. The Morgan fingerprint density at radius 3 is 2.60 bits per heavy atom. The molecule has 3 heteroatoms. The molecule has 0 bridgehead atoms. The SMILES string of the molecule is CC(C)CN(c1ccncc1CNC(C)(C)C)C1CC1. The fourth-order valence-corrected chi connectivity index (χ4v) is 2.42. The highest BCUT2D eigenvalue weighted by molar-refractivity contribution is 5.54. The highest BCUT2D eigenvalue weighted by atomic mass is 15.2. The van der Waals surface area contributed by atoms with Crippen LogP contribution in [0.15, 0.2) is 18.5 Å². The molecule has 1 saturated carbocycles. The zero-order valence-corrected chi connectivity index (χ0v) is 13.6. The van der Waals surface area contributed by atoms with E-state index in [1.807, 2.05) is 12.4 Å². The standard InChI is InChI=1S/C17H29N3/c1-13(2)12-20(15-6-7-15)16-8-9-18-10-14(16)11-19-17(3,4)5/h8-10,13,15,19H,6-7,11-12H2,1-5H3. The van der Waals surface area contributed by atoms with Gasteiger partial charge < -0.3 is 10.2 Å². The second-order valence-electron chi connectivity index (χ2n) is 7.39. The number of hydrogen-bond donors (Lipinski definition) is 1. The first kappa shape index (κ1) is 15.3. The Kier molecular flexibility index (Phi) is 4.69. The Bertz CT molecular complexity index is 430. The molecule has 0 atom stereocenters. The van der Waals surface area contributed by atoms with Crippen molar-refractivity contribution in [1.29, 1.82) is 0 Å². The Labute approximate surface area is 123 Å². The lowest BCUT2D eigenvalue weighted by atomic mass is 10.1. The molecule has 1 N–H and O–H groups in total. The molecule has 20 heavy (non-hydrogen) atoms. The molecule has 1 aliphatic carbocycles. The summed E-state index contributed by atoms with van der Waals surface area (Å²) in [6, 6.07) is 2.92. The minimum absolute atomic E-state index is 0.134. The van der Waals surface area contributed by atoms with Crippen LogP contribution in [0.4, 0.5) is 5.69 Å². The summed E-state index contributed by atoms with van der Waals surface area (Å²) in [6.45, 7) is 13.2. The lowest BCUT2D eigenvalue weighted by Gasteiger charge is -2.30. The van der Waals surface area contributed by atoms with E-state index in [9.17, 15) is 0 Å². The number of pyridine rings is 1. The quantitative estimate of drug-likeness (QED) is 0.860. The van der Waals surface area contributed by atoms with Gasteiger partial charge in [0.15, 0.2) is 0 Å². The van der Waals surface area contributed by atoms with E-state index in [0.717, 1.165) is 19.1 Å². The van der Waals surface area contributed by atoms with Crippen molar-refractivity contribution < 1.29 is 0 Å². The molecule has 1 aromatic rings. The van der Waals surface area contributed by atoms with Crippen LogP contribution in [0, 0.1) is 5.92 Å². The lowest BCUT2D eigenvalue weighted by Crippen LogP contribution is -2.36. The predicted molar refractivity (Wildman–Crippen MR) is 86.0 cm³/mol. The summed E-state index contributed by atoms with van der Waals surface area (Å²) in [7, 11) is 0. The molecule has 0 saturated heterocycles. The summed E-state index contributed by atoms with van der Waals surface area (Å²) in [5.41, 5.74) is 2.82. The van der Waals surface area contributed by atoms with Crippen LogP contribution in [-0.2, 0) is 6.54 Å². The van der Waals surface area contributed by atoms with Crippen molar-refractivity contribution >= 4 is 5.69 Å². The monoisotopic (exact) mass is 275 g/mol. The van der Waals surface area contributed by atoms with Crippen molar-refractivity contribution in [2.24, 2.45) is 5.92 Å². The smallest absolute Gasteiger partial charge is 0.0445 e. The molecule has 0 spiro atoms. The zero-order chi connectivity index (χ0) is 14.8. The fourth-order valence-electron chi connectivity index (χ4n) is 2.42. The van der Waals surface area contributed by atoms with E-state index >= 15 is 0 Å². The van der Waals surface area contributed by atoms with Crippen LogP contribution < -0.4 is 10.2 Å². The van der Waals surface area contributed by atoms with Crippen molar-refractivity contribution in [3.63, 3.8) is 0 Å². The normalized spacial score (nSPS) is 15.7. The summed E-state index contributed by atoms with van der Waals surface area (Å²) in [5.74, 6) is 0.687. The summed E-state index contributed by atoms with van der Waals surface area (Å²) in [6.07, 6.45) is 6.61. The van der Waals surface area contributed by atoms with Gasteiger partial charge in [-0.15, -0.1) is 0 Å². The van der Waals surface area contributed by atoms with Crippen LogP contribution in [0.1, 0.15) is 53.0 Å². The third-order valence-corrected chi connectivity index (χ3v) is 3.55. The predicted octanol–water partition coefficient (Wildman–Crippen LogP) is 3.59. The first-order valence-corrected chi connectivity index (χ1v) is 7.81. The Balaban J connectivity index is 2.16. The Hall–Kier alpha value is -1.09. The van der Waals surface area contributed by atoms with Gasteiger partial charge >= 0.3 is 0 Å². The van der Waals surface area contributed by atoms with Gasteiger partial charge in [-0.05, 0) is 45.6 Å². The van der Waals surface area contributed by atoms with Gasteiger partial charge in [-0.25, -0.2) is 0 Å². The third kappa shape index (κ3) is 4.48. The third-order valence-electron chi connectivity index (χ3n) is 3.55. The number of aromatic nitrogens is 1. The van der Waals surface area contributed by atoms with Crippen LogP contribution in [-0.4, -0.2) is 23.1 Å².